The van der Waals surface area contributed by atoms with Crippen molar-refractivity contribution in [3.63, 3.8) is 0 Å². The molecule has 2 N–H and O–H groups in total. The first-order chi connectivity index (χ1) is 18.1. The average Bonchev–Trinajstić information content (AvgIpc) is 3.52. The van der Waals surface area contributed by atoms with E-state index in [1.165, 1.54) is 31.8 Å². The first-order valence-corrected chi connectivity index (χ1v) is 12.8. The topological polar surface area (TPSA) is 152 Å². The number of para-hydroxylation sites is 1. The molecule has 0 aliphatic carbocycles. The fraction of sp³-hybridized carbons (Fsp3) is 0.240. The normalized spacial score (nSPS) is 13.0. The molecule has 0 aliphatic rings. The molecule has 11 nitrogen and oxygen atoms in total. The van der Waals surface area contributed by atoms with Crippen molar-refractivity contribution in [3.8, 4) is 34.8 Å². The van der Waals surface area contributed by atoms with Gasteiger partial charge in [0.25, 0.3) is 0 Å². The van der Waals surface area contributed by atoms with Crippen LogP contribution in [0.1, 0.15) is 29.9 Å². The standard InChI is InChI=1S/C25H24FN5O6S/c1-14-8-11-21(37-14)24-28-29-25(31(24)22-19(35-3)6-5-7-20(22)36-4)30-38(33,34)15(2)23(32)16-9-10-18(26)17(12-16)13-27/h5-12,15,23,32H,1-4H3,(H,29,30)/t15-,23+/m0/s1. The lowest BCUT2D eigenvalue weighted by atomic mass is 10.0. The lowest BCUT2D eigenvalue weighted by Gasteiger charge is -2.21. The summed E-state index contributed by atoms with van der Waals surface area (Å²) in [4.78, 5) is 0. The molecule has 0 unspecified atom stereocenters. The molecule has 4 rings (SSSR count). The van der Waals surface area contributed by atoms with E-state index in [9.17, 15) is 17.9 Å². The summed E-state index contributed by atoms with van der Waals surface area (Å²) in [6, 6.07) is 13.4. The maximum absolute atomic E-state index is 13.7. The van der Waals surface area contributed by atoms with Crippen LogP contribution in [0.2, 0.25) is 0 Å². The molecule has 0 bridgehead atoms. The molecule has 0 amide bonds. The average molecular weight is 542 g/mol. The van der Waals surface area contributed by atoms with E-state index < -0.39 is 27.2 Å². The number of aliphatic hydroxyl groups is 1. The number of aliphatic hydroxyl groups excluding tert-OH is 1. The van der Waals surface area contributed by atoms with Gasteiger partial charge in [-0.3, -0.25) is 9.29 Å². The van der Waals surface area contributed by atoms with Crippen LogP contribution in [-0.4, -0.2) is 47.8 Å². The van der Waals surface area contributed by atoms with Gasteiger partial charge in [-0.25, -0.2) is 12.8 Å². The molecule has 0 radical (unpaired) electrons. The molecule has 0 saturated carbocycles. The van der Waals surface area contributed by atoms with Gasteiger partial charge in [-0.15, -0.1) is 10.2 Å². The first-order valence-electron chi connectivity index (χ1n) is 11.2. The quantitative estimate of drug-likeness (QED) is 0.323. The summed E-state index contributed by atoms with van der Waals surface area (Å²) >= 11 is 0. The van der Waals surface area contributed by atoms with Crippen LogP contribution < -0.4 is 14.2 Å². The van der Waals surface area contributed by atoms with Gasteiger partial charge in [-0.05, 0) is 55.8 Å². The molecule has 2 atom stereocenters. The number of methoxy groups -OCH3 is 2. The lowest BCUT2D eigenvalue weighted by Crippen LogP contribution is -2.32. The Labute approximate surface area is 218 Å². The molecule has 2 aromatic carbocycles. The second-order valence-corrected chi connectivity index (χ2v) is 10.3. The van der Waals surface area contributed by atoms with Gasteiger partial charge in [0.2, 0.25) is 21.8 Å². The molecule has 2 heterocycles. The molecule has 4 aromatic rings. The molecule has 13 heteroatoms. The predicted octanol–water partition coefficient (Wildman–Crippen LogP) is 3.73. The Kier molecular flexibility index (Phi) is 7.38. The Morgan fingerprint density at radius 3 is 2.39 bits per heavy atom. The van der Waals surface area contributed by atoms with E-state index in [0.29, 0.717) is 28.7 Å². The fourth-order valence-electron chi connectivity index (χ4n) is 3.80. The summed E-state index contributed by atoms with van der Waals surface area (Å²) in [5.74, 6) is 0.705. The van der Waals surface area contributed by atoms with Crippen molar-refractivity contribution >= 4 is 16.0 Å². The zero-order valence-corrected chi connectivity index (χ0v) is 21.7. The number of nitriles is 1. The summed E-state index contributed by atoms with van der Waals surface area (Å²) in [7, 11) is -1.45. The van der Waals surface area contributed by atoms with Crippen molar-refractivity contribution in [1.29, 1.82) is 5.26 Å². The number of benzene rings is 2. The van der Waals surface area contributed by atoms with Gasteiger partial charge in [-0.1, -0.05) is 12.1 Å². The second-order valence-electron chi connectivity index (χ2n) is 8.25. The highest BCUT2D eigenvalue weighted by Gasteiger charge is 2.33. The van der Waals surface area contributed by atoms with Crippen molar-refractivity contribution in [2.45, 2.75) is 25.2 Å². The number of sulfonamides is 1. The highest BCUT2D eigenvalue weighted by Crippen LogP contribution is 2.38. The number of hydrogen-bond acceptors (Lipinski definition) is 9. The minimum absolute atomic E-state index is 0.0560. The number of nitrogens with zero attached hydrogens (tertiary/aromatic N) is 4. The highest BCUT2D eigenvalue weighted by molar-refractivity contribution is 7.93. The third-order valence-electron chi connectivity index (χ3n) is 5.87. The van der Waals surface area contributed by atoms with Gasteiger partial charge in [0.15, 0.2) is 5.76 Å². The van der Waals surface area contributed by atoms with Crippen LogP contribution in [0.15, 0.2) is 52.9 Å². The lowest BCUT2D eigenvalue weighted by molar-refractivity contribution is 0.176. The number of hydrogen-bond donors (Lipinski definition) is 2. The molecular formula is C25H24FN5O6S. The largest absolute Gasteiger partial charge is 0.494 e. The summed E-state index contributed by atoms with van der Waals surface area (Å²) < 4.78 is 61.0. The van der Waals surface area contributed by atoms with E-state index in [-0.39, 0.29) is 22.9 Å². The van der Waals surface area contributed by atoms with Crippen molar-refractivity contribution in [2.75, 3.05) is 18.9 Å². The molecule has 0 aliphatic heterocycles. The van der Waals surface area contributed by atoms with Crippen LogP contribution in [0, 0.1) is 24.1 Å². The number of rotatable bonds is 9. The van der Waals surface area contributed by atoms with Gasteiger partial charge in [0.05, 0.1) is 25.9 Å². The van der Waals surface area contributed by atoms with Crippen molar-refractivity contribution in [2.24, 2.45) is 0 Å². The van der Waals surface area contributed by atoms with E-state index in [1.54, 1.807) is 43.3 Å². The van der Waals surface area contributed by atoms with Crippen molar-refractivity contribution < 1.29 is 31.8 Å². The van der Waals surface area contributed by atoms with Gasteiger partial charge in [0.1, 0.15) is 40.1 Å². The van der Waals surface area contributed by atoms with Crippen LogP contribution in [0.5, 0.6) is 11.5 Å². The van der Waals surface area contributed by atoms with Crippen LogP contribution in [0.25, 0.3) is 17.3 Å². The van der Waals surface area contributed by atoms with Crippen molar-refractivity contribution in [1.82, 2.24) is 14.8 Å². The maximum Gasteiger partial charge on any atom is 0.243 e. The number of nitrogens with one attached hydrogen (secondary N) is 1. The van der Waals surface area contributed by atoms with E-state index in [1.807, 2.05) is 0 Å². The van der Waals surface area contributed by atoms with Gasteiger partial charge in [0, 0.05) is 0 Å². The number of aryl methyl sites for hydroxylation is 1. The first kappa shape index (κ1) is 26.6. The Balaban J connectivity index is 1.81. The van der Waals surface area contributed by atoms with Crippen LogP contribution in [-0.2, 0) is 10.0 Å². The van der Waals surface area contributed by atoms with Gasteiger partial charge in [-0.2, -0.15) is 5.26 Å². The summed E-state index contributed by atoms with van der Waals surface area (Å²) in [5.41, 5.74) is 0.0376. The molecule has 198 valence electrons. The molecule has 0 fully saturated rings. The third-order valence-corrected chi connectivity index (χ3v) is 7.57. The number of aromatic nitrogens is 3. The minimum Gasteiger partial charge on any atom is -0.494 e. The second kappa shape index (κ2) is 10.5. The highest BCUT2D eigenvalue weighted by atomic mass is 32.2. The Morgan fingerprint density at radius 2 is 1.82 bits per heavy atom. The summed E-state index contributed by atoms with van der Waals surface area (Å²) in [5, 5.41) is 26.6. The molecule has 0 spiro atoms. The summed E-state index contributed by atoms with van der Waals surface area (Å²) in [6.45, 7) is 3.01. The van der Waals surface area contributed by atoms with E-state index in [4.69, 9.17) is 19.2 Å². The molecular weight excluding hydrogens is 517 g/mol. The van der Waals surface area contributed by atoms with Crippen molar-refractivity contribution in [3.05, 3.63) is 71.2 Å². The van der Waals surface area contributed by atoms with Crippen LogP contribution in [0.4, 0.5) is 10.3 Å². The van der Waals surface area contributed by atoms with E-state index in [2.05, 4.69) is 14.9 Å². The van der Waals surface area contributed by atoms with Gasteiger partial charge >= 0.3 is 0 Å². The number of anilines is 1. The number of halogens is 1. The number of furan rings is 1. The smallest absolute Gasteiger partial charge is 0.243 e. The zero-order valence-electron chi connectivity index (χ0n) is 20.8. The Hall–Kier alpha value is -4.41. The summed E-state index contributed by atoms with van der Waals surface area (Å²) in [6.07, 6.45) is -1.59. The van der Waals surface area contributed by atoms with Crippen LogP contribution >= 0.6 is 0 Å². The minimum atomic E-state index is -4.34. The zero-order chi connectivity index (χ0) is 27.6. The Bertz CT molecular complexity index is 1600. The molecule has 38 heavy (non-hydrogen) atoms. The molecule has 0 saturated heterocycles. The monoisotopic (exact) mass is 541 g/mol. The Morgan fingerprint density at radius 1 is 1.13 bits per heavy atom. The van der Waals surface area contributed by atoms with E-state index >= 15 is 0 Å². The number of ether oxygens (including phenoxy) is 2. The van der Waals surface area contributed by atoms with Gasteiger partial charge < -0.3 is 19.0 Å². The SMILES string of the molecule is COc1cccc(OC)c1-n1c(NS(=O)(=O)[C@@H](C)[C@@H](O)c2ccc(F)c(C#N)c2)nnc1-c1ccc(C)o1. The fourth-order valence-corrected chi connectivity index (χ4v) is 4.87. The maximum atomic E-state index is 13.7. The molecule has 2 aromatic heterocycles. The third kappa shape index (κ3) is 4.91. The van der Waals surface area contributed by atoms with Crippen LogP contribution in [0.3, 0.4) is 0 Å². The van der Waals surface area contributed by atoms with E-state index in [0.717, 1.165) is 12.1 Å². The predicted molar refractivity (Wildman–Crippen MR) is 135 cm³/mol.